The first kappa shape index (κ1) is 17.6. The number of rotatable bonds is 6. The van der Waals surface area contributed by atoms with E-state index in [1.54, 1.807) is 6.92 Å². The van der Waals surface area contributed by atoms with Crippen molar-refractivity contribution in [2.45, 2.75) is 37.2 Å². The van der Waals surface area contributed by atoms with Gasteiger partial charge in [0.2, 0.25) is 5.91 Å². The second-order valence-corrected chi connectivity index (χ2v) is 6.55. The molecule has 23 heavy (non-hydrogen) atoms. The lowest BCUT2D eigenvalue weighted by Crippen LogP contribution is -2.24. The number of benzene rings is 1. The Hall–Kier alpha value is -1.80. The molecule has 0 unspecified atom stereocenters. The number of carbonyl (C=O) groups excluding carboxylic acids is 1. The maximum atomic E-state index is 13.0. The van der Waals surface area contributed by atoms with Gasteiger partial charge in [0.05, 0.1) is 16.0 Å². The van der Waals surface area contributed by atoms with Crippen LogP contribution in [0, 0.1) is 5.82 Å². The Morgan fingerprint density at radius 3 is 2.96 bits per heavy atom. The van der Waals surface area contributed by atoms with Crippen molar-refractivity contribution >= 4 is 35.0 Å². The molecule has 1 aromatic heterocycles. The standard InChI is InChI=1S/C14H16ClFN4O2S/c1-3-6-20-13(22)18-19-14(20)23-8(2)12(21)17-11-5-4-9(16)7-10(11)15/h4-5,7-8H,3,6H2,1-2H3,(H,17,21)(H,18,22)/t8-/m0/s1. The molecule has 0 aliphatic heterocycles. The van der Waals surface area contributed by atoms with E-state index in [9.17, 15) is 14.0 Å². The van der Waals surface area contributed by atoms with E-state index >= 15 is 0 Å². The fraction of sp³-hybridized carbons (Fsp3) is 0.357. The van der Waals surface area contributed by atoms with Crippen molar-refractivity contribution in [2.75, 3.05) is 5.32 Å². The van der Waals surface area contributed by atoms with Crippen LogP contribution in [0.3, 0.4) is 0 Å². The molecule has 1 amide bonds. The van der Waals surface area contributed by atoms with Crippen LogP contribution < -0.4 is 11.0 Å². The van der Waals surface area contributed by atoms with Crippen LogP contribution in [-0.4, -0.2) is 25.9 Å². The van der Waals surface area contributed by atoms with Crippen molar-refractivity contribution < 1.29 is 9.18 Å². The van der Waals surface area contributed by atoms with E-state index in [-0.39, 0.29) is 16.6 Å². The number of halogens is 2. The highest BCUT2D eigenvalue weighted by Crippen LogP contribution is 2.25. The Labute approximate surface area is 141 Å². The molecule has 1 aromatic carbocycles. The van der Waals surface area contributed by atoms with Crippen LogP contribution in [0.5, 0.6) is 0 Å². The summed E-state index contributed by atoms with van der Waals surface area (Å²) in [7, 11) is 0. The van der Waals surface area contributed by atoms with Gasteiger partial charge in [-0.3, -0.25) is 9.36 Å². The highest BCUT2D eigenvalue weighted by Gasteiger charge is 2.19. The fourth-order valence-electron chi connectivity index (χ4n) is 1.85. The maximum absolute atomic E-state index is 13.0. The Kier molecular flexibility index (Phi) is 5.84. The number of hydrogen-bond donors (Lipinski definition) is 2. The molecule has 0 spiro atoms. The molecule has 0 aliphatic carbocycles. The van der Waals surface area contributed by atoms with Crippen LogP contribution in [0.4, 0.5) is 10.1 Å². The zero-order valence-corrected chi connectivity index (χ0v) is 14.2. The van der Waals surface area contributed by atoms with Crippen LogP contribution in [0.1, 0.15) is 20.3 Å². The average Bonchev–Trinajstić information content (AvgIpc) is 2.83. The summed E-state index contributed by atoms with van der Waals surface area (Å²) in [6.07, 6.45) is 0.777. The van der Waals surface area contributed by atoms with Crippen molar-refractivity contribution in [3.05, 3.63) is 39.5 Å². The lowest BCUT2D eigenvalue weighted by atomic mass is 10.3. The molecule has 0 aliphatic rings. The predicted molar refractivity (Wildman–Crippen MR) is 88.5 cm³/mol. The highest BCUT2D eigenvalue weighted by molar-refractivity contribution is 8.00. The number of carbonyl (C=O) groups is 1. The summed E-state index contributed by atoms with van der Waals surface area (Å²) in [5.41, 5.74) is 0.0297. The maximum Gasteiger partial charge on any atom is 0.343 e. The third-order valence-corrected chi connectivity index (χ3v) is 4.41. The van der Waals surface area contributed by atoms with Crippen LogP contribution in [0.2, 0.25) is 5.02 Å². The van der Waals surface area contributed by atoms with Crippen LogP contribution in [-0.2, 0) is 11.3 Å². The van der Waals surface area contributed by atoms with Crippen molar-refractivity contribution in [1.82, 2.24) is 14.8 Å². The van der Waals surface area contributed by atoms with Gasteiger partial charge in [0.1, 0.15) is 5.82 Å². The average molecular weight is 359 g/mol. The zero-order valence-electron chi connectivity index (χ0n) is 12.6. The highest BCUT2D eigenvalue weighted by atomic mass is 35.5. The van der Waals surface area contributed by atoms with Crippen molar-refractivity contribution in [2.24, 2.45) is 0 Å². The minimum atomic E-state index is -0.512. The number of nitrogens with one attached hydrogen (secondary N) is 2. The molecule has 0 bridgehead atoms. The second-order valence-electron chi connectivity index (χ2n) is 4.84. The fourth-order valence-corrected chi connectivity index (χ4v) is 2.95. The van der Waals surface area contributed by atoms with Gasteiger partial charge in [0, 0.05) is 6.54 Å². The van der Waals surface area contributed by atoms with Gasteiger partial charge < -0.3 is 5.32 Å². The summed E-state index contributed by atoms with van der Waals surface area (Å²) >= 11 is 7.04. The van der Waals surface area contributed by atoms with E-state index < -0.39 is 11.1 Å². The molecule has 0 saturated heterocycles. The normalized spacial score (nSPS) is 12.2. The number of aromatic amines is 1. The summed E-state index contributed by atoms with van der Waals surface area (Å²) in [5, 5.41) is 8.99. The van der Waals surface area contributed by atoms with E-state index in [4.69, 9.17) is 11.6 Å². The number of H-pyrrole nitrogens is 1. The van der Waals surface area contributed by atoms with E-state index in [0.29, 0.717) is 17.4 Å². The van der Waals surface area contributed by atoms with Gasteiger partial charge in [-0.15, -0.1) is 5.10 Å². The van der Waals surface area contributed by atoms with Crippen molar-refractivity contribution in [1.29, 1.82) is 0 Å². The lowest BCUT2D eigenvalue weighted by Gasteiger charge is -2.12. The van der Waals surface area contributed by atoms with Gasteiger partial charge in [0.15, 0.2) is 5.16 Å². The van der Waals surface area contributed by atoms with Gasteiger partial charge >= 0.3 is 5.69 Å². The Bertz CT molecular complexity index is 761. The Balaban J connectivity index is 2.07. The molecule has 124 valence electrons. The van der Waals surface area contributed by atoms with Crippen LogP contribution in [0.15, 0.2) is 28.2 Å². The summed E-state index contributed by atoms with van der Waals surface area (Å²) in [5.74, 6) is -0.794. The molecule has 0 saturated carbocycles. The third-order valence-electron chi connectivity index (χ3n) is 3.01. The lowest BCUT2D eigenvalue weighted by molar-refractivity contribution is -0.115. The zero-order chi connectivity index (χ0) is 17.0. The minimum Gasteiger partial charge on any atom is -0.324 e. The van der Waals surface area contributed by atoms with Gasteiger partial charge in [-0.25, -0.2) is 14.3 Å². The van der Waals surface area contributed by atoms with E-state index in [0.717, 1.165) is 24.2 Å². The summed E-state index contributed by atoms with van der Waals surface area (Å²) in [6, 6.07) is 3.74. The van der Waals surface area contributed by atoms with Gasteiger partial charge in [-0.1, -0.05) is 30.3 Å². The van der Waals surface area contributed by atoms with E-state index in [1.165, 1.54) is 16.7 Å². The van der Waals surface area contributed by atoms with E-state index in [2.05, 4.69) is 15.5 Å². The topological polar surface area (TPSA) is 79.8 Å². The smallest absolute Gasteiger partial charge is 0.324 e. The first-order valence-corrected chi connectivity index (χ1v) is 8.26. The minimum absolute atomic E-state index is 0.123. The number of aromatic nitrogens is 3. The monoisotopic (exact) mass is 358 g/mol. The molecule has 1 atom stereocenters. The molecular weight excluding hydrogens is 343 g/mol. The van der Waals surface area contributed by atoms with E-state index in [1.807, 2.05) is 6.92 Å². The molecule has 6 nitrogen and oxygen atoms in total. The number of thioether (sulfide) groups is 1. The molecule has 2 rings (SSSR count). The first-order valence-electron chi connectivity index (χ1n) is 7.00. The van der Waals surface area contributed by atoms with Crippen molar-refractivity contribution in [3.8, 4) is 0 Å². The van der Waals surface area contributed by atoms with Gasteiger partial charge in [0.25, 0.3) is 0 Å². The molecule has 2 N–H and O–H groups in total. The number of nitrogens with zero attached hydrogens (tertiary/aromatic N) is 2. The summed E-state index contributed by atoms with van der Waals surface area (Å²) in [6.45, 7) is 4.16. The molecule has 0 radical (unpaired) electrons. The summed E-state index contributed by atoms with van der Waals surface area (Å²) in [4.78, 5) is 23.8. The summed E-state index contributed by atoms with van der Waals surface area (Å²) < 4.78 is 14.5. The Morgan fingerprint density at radius 2 is 2.30 bits per heavy atom. The number of anilines is 1. The second kappa shape index (κ2) is 7.65. The largest absolute Gasteiger partial charge is 0.343 e. The molecule has 0 fully saturated rings. The number of hydrogen-bond acceptors (Lipinski definition) is 4. The molecule has 2 aromatic rings. The van der Waals surface area contributed by atoms with Gasteiger partial charge in [-0.2, -0.15) is 0 Å². The molecule has 9 heteroatoms. The quantitative estimate of drug-likeness (QED) is 0.778. The third kappa shape index (κ3) is 4.35. The SMILES string of the molecule is CCCn1c(S[C@@H](C)C(=O)Nc2ccc(F)cc2Cl)n[nH]c1=O. The van der Waals surface area contributed by atoms with Crippen LogP contribution in [0.25, 0.3) is 0 Å². The van der Waals surface area contributed by atoms with Gasteiger partial charge in [-0.05, 0) is 31.5 Å². The number of amides is 1. The Morgan fingerprint density at radius 1 is 1.57 bits per heavy atom. The van der Waals surface area contributed by atoms with Crippen LogP contribution >= 0.6 is 23.4 Å². The van der Waals surface area contributed by atoms with Crippen molar-refractivity contribution in [3.63, 3.8) is 0 Å². The predicted octanol–water partition coefficient (Wildman–Crippen LogP) is 2.89. The molecular formula is C14H16ClFN4O2S. The first-order chi connectivity index (χ1) is 10.9. The molecule has 1 heterocycles.